The third-order valence-electron chi connectivity index (χ3n) is 4.72. The molecule has 4 nitrogen and oxygen atoms in total. The van der Waals surface area contributed by atoms with E-state index in [1.54, 1.807) is 0 Å². The molecule has 4 heteroatoms. The summed E-state index contributed by atoms with van der Waals surface area (Å²) in [6.45, 7) is 4.12. The van der Waals surface area contributed by atoms with Crippen LogP contribution in [-0.2, 0) is 4.79 Å². The Morgan fingerprint density at radius 3 is 2.59 bits per heavy atom. The molecule has 1 unspecified atom stereocenters. The smallest absolute Gasteiger partial charge is 0.260 e. The van der Waals surface area contributed by atoms with Crippen molar-refractivity contribution in [3.63, 3.8) is 0 Å². The predicted octanol–water partition coefficient (Wildman–Crippen LogP) is 2.54. The summed E-state index contributed by atoms with van der Waals surface area (Å²) in [6.07, 6.45) is 5.97. The van der Waals surface area contributed by atoms with Crippen LogP contribution in [0.4, 0.5) is 0 Å². The molecule has 120 valence electrons. The number of amides is 1. The van der Waals surface area contributed by atoms with E-state index in [-0.39, 0.29) is 12.5 Å². The molecule has 2 heterocycles. The van der Waals surface area contributed by atoms with Crippen molar-refractivity contribution >= 4 is 5.91 Å². The Bertz CT molecular complexity index is 474. The van der Waals surface area contributed by atoms with Gasteiger partial charge < -0.3 is 15.0 Å². The van der Waals surface area contributed by atoms with Gasteiger partial charge in [0.15, 0.2) is 6.61 Å². The van der Waals surface area contributed by atoms with Crippen molar-refractivity contribution < 1.29 is 9.53 Å². The van der Waals surface area contributed by atoms with E-state index in [1.165, 1.54) is 24.8 Å². The zero-order chi connectivity index (χ0) is 15.2. The van der Waals surface area contributed by atoms with Gasteiger partial charge in [-0.25, -0.2) is 0 Å². The molecule has 1 N–H and O–H groups in total. The number of rotatable bonds is 4. The molecule has 1 atom stereocenters. The summed E-state index contributed by atoms with van der Waals surface area (Å²) in [5.41, 5.74) is 1.36. The van der Waals surface area contributed by atoms with E-state index in [1.807, 2.05) is 17.0 Å². The summed E-state index contributed by atoms with van der Waals surface area (Å²) in [7, 11) is 0. The molecular formula is C18H26N2O2. The fraction of sp³-hybridized carbons (Fsp3) is 0.611. The van der Waals surface area contributed by atoms with E-state index >= 15 is 0 Å². The highest BCUT2D eigenvalue weighted by Gasteiger charge is 2.17. The zero-order valence-corrected chi connectivity index (χ0v) is 13.2. The van der Waals surface area contributed by atoms with Crippen molar-refractivity contribution in [1.82, 2.24) is 10.2 Å². The van der Waals surface area contributed by atoms with E-state index in [0.717, 1.165) is 44.8 Å². The lowest BCUT2D eigenvalue weighted by atomic mass is 9.92. The fourth-order valence-electron chi connectivity index (χ4n) is 3.35. The third-order valence-corrected chi connectivity index (χ3v) is 4.72. The predicted molar refractivity (Wildman–Crippen MR) is 87.2 cm³/mol. The Labute approximate surface area is 132 Å². The minimum atomic E-state index is 0.111. The van der Waals surface area contributed by atoms with E-state index < -0.39 is 0 Å². The maximum absolute atomic E-state index is 12.1. The fourth-order valence-corrected chi connectivity index (χ4v) is 3.35. The summed E-state index contributed by atoms with van der Waals surface area (Å²) in [5.74, 6) is 1.51. The number of nitrogens with zero attached hydrogens (tertiary/aromatic N) is 1. The first-order valence-electron chi connectivity index (χ1n) is 8.54. The van der Waals surface area contributed by atoms with Crippen LogP contribution in [0.1, 0.15) is 43.6 Å². The van der Waals surface area contributed by atoms with Crippen LogP contribution in [0.2, 0.25) is 0 Å². The lowest BCUT2D eigenvalue weighted by molar-refractivity contribution is -0.134. The van der Waals surface area contributed by atoms with Crippen LogP contribution in [0, 0.1) is 0 Å². The molecule has 2 fully saturated rings. The number of likely N-dealkylation sites (tertiary alicyclic amines) is 1. The number of benzene rings is 1. The van der Waals surface area contributed by atoms with Crippen LogP contribution in [-0.4, -0.2) is 43.6 Å². The van der Waals surface area contributed by atoms with Crippen LogP contribution in [0.25, 0.3) is 0 Å². The normalized spacial score (nSPS) is 22.4. The topological polar surface area (TPSA) is 41.6 Å². The van der Waals surface area contributed by atoms with Crippen molar-refractivity contribution in [1.29, 1.82) is 0 Å². The minimum absolute atomic E-state index is 0.111. The van der Waals surface area contributed by atoms with E-state index in [2.05, 4.69) is 17.4 Å². The molecule has 22 heavy (non-hydrogen) atoms. The number of nitrogens with one attached hydrogen (secondary N) is 1. The van der Waals surface area contributed by atoms with Crippen molar-refractivity contribution in [2.45, 2.75) is 38.0 Å². The van der Waals surface area contributed by atoms with Crippen molar-refractivity contribution in [3.8, 4) is 5.75 Å². The molecule has 0 spiro atoms. The number of hydrogen-bond donors (Lipinski definition) is 1. The van der Waals surface area contributed by atoms with E-state index in [4.69, 9.17) is 4.74 Å². The average Bonchev–Trinajstić information content (AvgIpc) is 2.61. The molecule has 0 bridgehead atoms. The van der Waals surface area contributed by atoms with Gasteiger partial charge in [-0.05, 0) is 62.3 Å². The lowest BCUT2D eigenvalue weighted by Gasteiger charge is -2.26. The quantitative estimate of drug-likeness (QED) is 0.929. The van der Waals surface area contributed by atoms with Gasteiger partial charge in [-0.15, -0.1) is 0 Å². The number of carbonyl (C=O) groups excluding carboxylic acids is 1. The minimum Gasteiger partial charge on any atom is -0.484 e. The number of carbonyl (C=O) groups is 1. The van der Waals surface area contributed by atoms with Crippen LogP contribution in [0.5, 0.6) is 5.75 Å². The number of piperidine rings is 2. The summed E-state index contributed by atoms with van der Waals surface area (Å²) in [5, 5.41) is 3.44. The van der Waals surface area contributed by atoms with E-state index in [9.17, 15) is 4.79 Å². The second-order valence-corrected chi connectivity index (χ2v) is 6.34. The second kappa shape index (κ2) is 7.63. The van der Waals surface area contributed by atoms with Gasteiger partial charge in [-0.1, -0.05) is 12.1 Å². The highest BCUT2D eigenvalue weighted by Crippen LogP contribution is 2.25. The first-order chi connectivity index (χ1) is 10.8. The van der Waals surface area contributed by atoms with Gasteiger partial charge in [0, 0.05) is 19.6 Å². The Kier molecular flexibility index (Phi) is 5.33. The van der Waals surface area contributed by atoms with Crippen molar-refractivity contribution in [2.75, 3.05) is 32.8 Å². The Balaban J connectivity index is 1.49. The standard InChI is InChI=1S/C18H26N2O2/c21-18(20-11-2-1-3-12-20)14-22-17-8-6-15(7-9-17)16-5-4-10-19-13-16/h6-9,16,19H,1-5,10-14H2. The first kappa shape index (κ1) is 15.3. The number of ether oxygens (including phenoxy) is 1. The van der Waals surface area contributed by atoms with Crippen LogP contribution in [0.3, 0.4) is 0 Å². The summed E-state index contributed by atoms with van der Waals surface area (Å²) in [6, 6.07) is 8.26. The summed E-state index contributed by atoms with van der Waals surface area (Å²) < 4.78 is 5.66. The zero-order valence-electron chi connectivity index (χ0n) is 13.2. The summed E-state index contributed by atoms with van der Waals surface area (Å²) >= 11 is 0. The maximum Gasteiger partial charge on any atom is 0.260 e. The molecule has 1 amide bonds. The summed E-state index contributed by atoms with van der Waals surface area (Å²) in [4.78, 5) is 14.0. The molecule has 2 aliphatic rings. The van der Waals surface area contributed by atoms with Gasteiger partial charge in [0.05, 0.1) is 0 Å². The van der Waals surface area contributed by atoms with Gasteiger partial charge in [-0.2, -0.15) is 0 Å². The first-order valence-corrected chi connectivity index (χ1v) is 8.54. The molecule has 1 aromatic rings. The van der Waals surface area contributed by atoms with E-state index in [0.29, 0.717) is 5.92 Å². The monoisotopic (exact) mass is 302 g/mol. The third kappa shape index (κ3) is 4.01. The molecule has 2 saturated heterocycles. The molecule has 0 saturated carbocycles. The van der Waals surface area contributed by atoms with Gasteiger partial charge in [0.1, 0.15) is 5.75 Å². The Hall–Kier alpha value is -1.55. The SMILES string of the molecule is O=C(COc1ccc(C2CCCNC2)cc1)N1CCCCC1. The van der Waals surface area contributed by atoms with Gasteiger partial charge in [-0.3, -0.25) is 4.79 Å². The lowest BCUT2D eigenvalue weighted by Crippen LogP contribution is -2.38. The average molecular weight is 302 g/mol. The molecule has 0 aromatic heterocycles. The molecule has 0 radical (unpaired) electrons. The van der Waals surface area contributed by atoms with Crippen molar-refractivity contribution in [2.24, 2.45) is 0 Å². The number of hydrogen-bond acceptors (Lipinski definition) is 3. The van der Waals surface area contributed by atoms with Crippen LogP contribution in [0.15, 0.2) is 24.3 Å². The second-order valence-electron chi connectivity index (χ2n) is 6.34. The molecule has 1 aromatic carbocycles. The molecular weight excluding hydrogens is 276 g/mol. The van der Waals surface area contributed by atoms with Gasteiger partial charge >= 0.3 is 0 Å². The molecule has 3 rings (SSSR count). The highest BCUT2D eigenvalue weighted by molar-refractivity contribution is 5.77. The maximum atomic E-state index is 12.1. The molecule has 2 aliphatic heterocycles. The molecule has 0 aliphatic carbocycles. The Morgan fingerprint density at radius 1 is 1.14 bits per heavy atom. The highest BCUT2D eigenvalue weighted by atomic mass is 16.5. The largest absolute Gasteiger partial charge is 0.484 e. The van der Waals surface area contributed by atoms with Gasteiger partial charge in [0.2, 0.25) is 0 Å². The Morgan fingerprint density at radius 2 is 1.91 bits per heavy atom. The van der Waals surface area contributed by atoms with Crippen molar-refractivity contribution in [3.05, 3.63) is 29.8 Å². The van der Waals surface area contributed by atoms with Gasteiger partial charge in [0.25, 0.3) is 5.91 Å². The van der Waals surface area contributed by atoms with Crippen LogP contribution >= 0.6 is 0 Å². The van der Waals surface area contributed by atoms with Crippen LogP contribution < -0.4 is 10.1 Å².